The second-order valence-corrected chi connectivity index (χ2v) is 5.28. The Morgan fingerprint density at radius 3 is 3.05 bits per heavy atom. The molecule has 0 saturated carbocycles. The second-order valence-electron chi connectivity index (χ2n) is 4.87. The molecule has 3 nitrogen and oxygen atoms in total. The number of hydrogen-bond donors (Lipinski definition) is 1. The lowest BCUT2D eigenvalue weighted by Gasteiger charge is -2.22. The van der Waals surface area contributed by atoms with Gasteiger partial charge in [-0.1, -0.05) is 17.7 Å². The van der Waals surface area contributed by atoms with Gasteiger partial charge in [-0.15, -0.1) is 0 Å². The van der Waals surface area contributed by atoms with E-state index in [0.717, 1.165) is 42.5 Å². The van der Waals surface area contributed by atoms with Crippen molar-refractivity contribution in [3.05, 3.63) is 28.8 Å². The number of nitrogens with one attached hydrogen (secondary N) is 1. The van der Waals surface area contributed by atoms with Crippen molar-refractivity contribution in [2.24, 2.45) is 0 Å². The van der Waals surface area contributed by atoms with Crippen LogP contribution >= 0.6 is 11.6 Å². The predicted octanol–water partition coefficient (Wildman–Crippen LogP) is 3.40. The maximum absolute atomic E-state index is 6.19. The highest BCUT2D eigenvalue weighted by atomic mass is 35.5. The Labute approximate surface area is 120 Å². The molecule has 1 heterocycles. The quantitative estimate of drug-likeness (QED) is 0.812. The molecule has 0 spiro atoms. The molecule has 1 aromatic rings. The Morgan fingerprint density at radius 1 is 1.42 bits per heavy atom. The van der Waals surface area contributed by atoms with Gasteiger partial charge in [0.2, 0.25) is 0 Å². The van der Waals surface area contributed by atoms with Crippen LogP contribution < -0.4 is 10.1 Å². The number of halogens is 1. The van der Waals surface area contributed by atoms with E-state index in [0.29, 0.717) is 6.10 Å². The molecule has 0 aromatic heterocycles. The van der Waals surface area contributed by atoms with Crippen LogP contribution in [0.4, 0.5) is 0 Å². The SMILES string of the molecule is COc1cccc(Cl)c1CNCCC1CCCCO1. The van der Waals surface area contributed by atoms with E-state index in [1.807, 2.05) is 18.2 Å². The largest absolute Gasteiger partial charge is 0.496 e. The van der Waals surface area contributed by atoms with Crippen LogP contribution in [0.25, 0.3) is 0 Å². The zero-order valence-corrected chi connectivity index (χ0v) is 12.2. The van der Waals surface area contributed by atoms with Crippen molar-refractivity contribution in [1.82, 2.24) is 5.32 Å². The fourth-order valence-electron chi connectivity index (χ4n) is 2.41. The van der Waals surface area contributed by atoms with Crippen molar-refractivity contribution in [3.8, 4) is 5.75 Å². The molecule has 1 aromatic carbocycles. The standard InChI is InChI=1S/C15H22ClNO2/c1-18-15-7-4-6-14(16)13(15)11-17-9-8-12-5-2-3-10-19-12/h4,6-7,12,17H,2-3,5,8-11H2,1H3. The molecule has 1 fully saturated rings. The Hall–Kier alpha value is -0.770. The van der Waals surface area contributed by atoms with Crippen LogP contribution in [0.15, 0.2) is 18.2 Å². The zero-order valence-electron chi connectivity index (χ0n) is 11.5. The minimum absolute atomic E-state index is 0.425. The van der Waals surface area contributed by atoms with Crippen LogP contribution in [-0.4, -0.2) is 26.4 Å². The van der Waals surface area contributed by atoms with Crippen molar-refractivity contribution in [2.75, 3.05) is 20.3 Å². The van der Waals surface area contributed by atoms with Crippen molar-refractivity contribution in [2.45, 2.75) is 38.3 Å². The summed E-state index contributed by atoms with van der Waals surface area (Å²) < 4.78 is 11.0. The van der Waals surface area contributed by atoms with E-state index < -0.39 is 0 Å². The van der Waals surface area contributed by atoms with Crippen LogP contribution in [0.5, 0.6) is 5.75 Å². The first-order chi connectivity index (χ1) is 9.31. The lowest BCUT2D eigenvalue weighted by Crippen LogP contribution is -2.25. The molecule has 0 radical (unpaired) electrons. The fraction of sp³-hybridized carbons (Fsp3) is 0.600. The highest BCUT2D eigenvalue weighted by molar-refractivity contribution is 6.31. The summed E-state index contributed by atoms with van der Waals surface area (Å²) in [6.45, 7) is 2.59. The number of ether oxygens (including phenoxy) is 2. The first kappa shape index (κ1) is 14.6. The highest BCUT2D eigenvalue weighted by Crippen LogP contribution is 2.25. The Kier molecular flexibility index (Phi) is 5.95. The van der Waals surface area contributed by atoms with E-state index in [4.69, 9.17) is 21.1 Å². The monoisotopic (exact) mass is 283 g/mol. The van der Waals surface area contributed by atoms with Crippen LogP contribution in [0.1, 0.15) is 31.2 Å². The molecule has 0 aliphatic carbocycles. The Morgan fingerprint density at radius 2 is 2.32 bits per heavy atom. The molecule has 1 N–H and O–H groups in total. The molecule has 2 rings (SSSR count). The maximum Gasteiger partial charge on any atom is 0.124 e. The van der Waals surface area contributed by atoms with Crippen molar-refractivity contribution < 1.29 is 9.47 Å². The van der Waals surface area contributed by atoms with Gasteiger partial charge in [0.15, 0.2) is 0 Å². The van der Waals surface area contributed by atoms with Gasteiger partial charge in [-0.3, -0.25) is 0 Å². The first-order valence-electron chi connectivity index (χ1n) is 6.95. The van der Waals surface area contributed by atoms with Crippen molar-refractivity contribution >= 4 is 11.6 Å². The molecule has 106 valence electrons. The topological polar surface area (TPSA) is 30.5 Å². The summed E-state index contributed by atoms with van der Waals surface area (Å²) in [6.07, 6.45) is 5.18. The summed E-state index contributed by atoms with van der Waals surface area (Å²) in [4.78, 5) is 0. The van der Waals surface area contributed by atoms with Crippen LogP contribution in [0.3, 0.4) is 0 Å². The van der Waals surface area contributed by atoms with Gasteiger partial charge in [-0.25, -0.2) is 0 Å². The van der Waals surface area contributed by atoms with Crippen LogP contribution in [0.2, 0.25) is 5.02 Å². The minimum atomic E-state index is 0.425. The average molecular weight is 284 g/mol. The summed E-state index contributed by atoms with van der Waals surface area (Å²) in [7, 11) is 1.67. The van der Waals surface area contributed by atoms with Crippen molar-refractivity contribution in [3.63, 3.8) is 0 Å². The molecule has 1 atom stereocenters. The first-order valence-corrected chi connectivity index (χ1v) is 7.32. The smallest absolute Gasteiger partial charge is 0.124 e. The highest BCUT2D eigenvalue weighted by Gasteiger charge is 2.13. The average Bonchev–Trinajstić information content (AvgIpc) is 2.46. The third kappa shape index (κ3) is 4.37. The molecule has 1 saturated heterocycles. The maximum atomic E-state index is 6.19. The van der Waals surface area contributed by atoms with E-state index in [9.17, 15) is 0 Å². The fourth-order valence-corrected chi connectivity index (χ4v) is 2.65. The third-order valence-corrected chi connectivity index (χ3v) is 3.87. The van der Waals surface area contributed by atoms with Crippen molar-refractivity contribution in [1.29, 1.82) is 0 Å². The Bertz CT molecular complexity index is 392. The third-order valence-electron chi connectivity index (χ3n) is 3.51. The predicted molar refractivity (Wildman–Crippen MR) is 77.9 cm³/mol. The van der Waals surface area contributed by atoms with E-state index in [-0.39, 0.29) is 0 Å². The van der Waals surface area contributed by atoms with Crippen LogP contribution in [-0.2, 0) is 11.3 Å². The summed E-state index contributed by atoms with van der Waals surface area (Å²) in [5.41, 5.74) is 1.02. The zero-order chi connectivity index (χ0) is 13.5. The normalized spacial score (nSPS) is 19.4. The summed E-state index contributed by atoms with van der Waals surface area (Å²) in [5.74, 6) is 0.842. The summed E-state index contributed by atoms with van der Waals surface area (Å²) >= 11 is 6.19. The molecule has 0 bridgehead atoms. The van der Waals surface area contributed by atoms with Gasteiger partial charge < -0.3 is 14.8 Å². The molecule has 1 aliphatic heterocycles. The lowest BCUT2D eigenvalue weighted by molar-refractivity contribution is 0.0115. The van der Waals surface area contributed by atoms with Gasteiger partial charge in [-0.2, -0.15) is 0 Å². The van der Waals surface area contributed by atoms with E-state index in [1.54, 1.807) is 7.11 Å². The molecule has 0 amide bonds. The van der Waals surface area contributed by atoms with E-state index in [1.165, 1.54) is 19.3 Å². The lowest BCUT2D eigenvalue weighted by atomic mass is 10.1. The van der Waals surface area contributed by atoms with E-state index in [2.05, 4.69) is 5.32 Å². The summed E-state index contributed by atoms with van der Waals surface area (Å²) in [6, 6.07) is 5.74. The number of hydrogen-bond acceptors (Lipinski definition) is 3. The van der Waals surface area contributed by atoms with E-state index >= 15 is 0 Å². The molecule has 4 heteroatoms. The number of methoxy groups -OCH3 is 1. The van der Waals surface area contributed by atoms with Crippen LogP contribution in [0, 0.1) is 0 Å². The van der Waals surface area contributed by atoms with Gasteiger partial charge in [0.1, 0.15) is 5.75 Å². The van der Waals surface area contributed by atoms with Gasteiger partial charge in [0, 0.05) is 23.7 Å². The molecule has 1 aliphatic rings. The molecular weight excluding hydrogens is 262 g/mol. The molecular formula is C15H22ClNO2. The Balaban J connectivity index is 1.76. The number of rotatable bonds is 6. The van der Waals surface area contributed by atoms with Gasteiger partial charge in [-0.05, 0) is 44.4 Å². The summed E-state index contributed by atoms with van der Waals surface area (Å²) in [5, 5.41) is 4.17. The van der Waals surface area contributed by atoms with Gasteiger partial charge in [0.25, 0.3) is 0 Å². The molecule has 19 heavy (non-hydrogen) atoms. The van der Waals surface area contributed by atoms with Gasteiger partial charge in [0.05, 0.1) is 13.2 Å². The molecule has 1 unspecified atom stereocenters. The second kappa shape index (κ2) is 7.73. The van der Waals surface area contributed by atoms with Gasteiger partial charge >= 0.3 is 0 Å². The number of benzene rings is 1. The minimum Gasteiger partial charge on any atom is -0.496 e.